The number of nitrogens with zero attached hydrogens (tertiary/aromatic N) is 3. The van der Waals surface area contributed by atoms with Crippen molar-refractivity contribution in [3.8, 4) is 0 Å². The third kappa shape index (κ3) is 3.99. The Kier molecular flexibility index (Phi) is 5.26. The molecule has 1 aromatic carbocycles. The van der Waals surface area contributed by atoms with Crippen LogP contribution in [0, 0.1) is 6.92 Å². The summed E-state index contributed by atoms with van der Waals surface area (Å²) >= 11 is 6.34. The van der Waals surface area contributed by atoms with Gasteiger partial charge in [0, 0.05) is 31.4 Å². The van der Waals surface area contributed by atoms with Gasteiger partial charge in [-0.3, -0.25) is 9.58 Å². The zero-order valence-corrected chi connectivity index (χ0v) is 13.7. The van der Waals surface area contributed by atoms with Gasteiger partial charge >= 0.3 is 0 Å². The van der Waals surface area contributed by atoms with E-state index in [0.717, 1.165) is 48.2 Å². The molecule has 0 spiro atoms. The predicted octanol–water partition coefficient (Wildman–Crippen LogP) is 3.38. The highest BCUT2D eigenvalue weighted by Gasteiger charge is 2.15. The van der Waals surface area contributed by atoms with Crippen molar-refractivity contribution in [2.24, 2.45) is 7.05 Å². The van der Waals surface area contributed by atoms with E-state index in [1.54, 1.807) is 4.68 Å². The quantitative estimate of drug-likeness (QED) is 0.832. The number of hydrogen-bond donors (Lipinski definition) is 1. The van der Waals surface area contributed by atoms with E-state index < -0.39 is 0 Å². The van der Waals surface area contributed by atoms with Gasteiger partial charge in [0.25, 0.3) is 0 Å². The highest BCUT2D eigenvalue weighted by molar-refractivity contribution is 6.30. The van der Waals surface area contributed by atoms with Crippen molar-refractivity contribution < 1.29 is 0 Å². The Labute approximate surface area is 131 Å². The lowest BCUT2D eigenvalue weighted by Crippen LogP contribution is -2.24. The van der Waals surface area contributed by atoms with Gasteiger partial charge in [-0.15, -0.1) is 0 Å². The molecule has 4 nitrogen and oxygen atoms in total. The standard InChI is InChI=1S/C16H23ClN4/c1-4-9-21(10-13-5-7-14(18)8-6-13)11-15-12(2)19-20(3)16(15)17/h5-8H,4,9-11,18H2,1-3H3. The van der Waals surface area contributed by atoms with Crippen LogP contribution in [-0.2, 0) is 20.1 Å². The van der Waals surface area contributed by atoms with Crippen LogP contribution in [0.1, 0.15) is 30.2 Å². The lowest BCUT2D eigenvalue weighted by Gasteiger charge is -2.22. The molecule has 2 rings (SSSR count). The van der Waals surface area contributed by atoms with Gasteiger partial charge in [0.15, 0.2) is 0 Å². The van der Waals surface area contributed by atoms with Crippen LogP contribution in [0.2, 0.25) is 5.15 Å². The number of nitrogen functional groups attached to an aromatic ring is 1. The van der Waals surface area contributed by atoms with E-state index in [2.05, 4.69) is 29.1 Å². The number of rotatable bonds is 6. The highest BCUT2D eigenvalue weighted by Crippen LogP contribution is 2.21. The molecule has 0 saturated heterocycles. The minimum absolute atomic E-state index is 0.728. The van der Waals surface area contributed by atoms with Gasteiger partial charge in [-0.2, -0.15) is 5.10 Å². The summed E-state index contributed by atoms with van der Waals surface area (Å²) in [6.45, 7) is 6.92. The molecule has 0 saturated carbocycles. The highest BCUT2D eigenvalue weighted by atomic mass is 35.5. The fourth-order valence-corrected chi connectivity index (χ4v) is 2.72. The summed E-state index contributed by atoms with van der Waals surface area (Å²) in [7, 11) is 1.88. The Morgan fingerprint density at radius 2 is 1.90 bits per heavy atom. The second-order valence-corrected chi connectivity index (χ2v) is 5.79. The summed E-state index contributed by atoms with van der Waals surface area (Å²) < 4.78 is 1.74. The van der Waals surface area contributed by atoms with E-state index in [1.807, 2.05) is 26.1 Å². The molecular formula is C16H23ClN4. The number of aryl methyl sites for hydroxylation is 2. The molecule has 1 heterocycles. The lowest BCUT2D eigenvalue weighted by molar-refractivity contribution is 0.257. The topological polar surface area (TPSA) is 47.1 Å². The molecule has 0 atom stereocenters. The molecule has 0 aliphatic heterocycles. The van der Waals surface area contributed by atoms with Crippen LogP contribution < -0.4 is 5.73 Å². The van der Waals surface area contributed by atoms with Gasteiger partial charge in [0.1, 0.15) is 5.15 Å². The maximum atomic E-state index is 6.34. The zero-order valence-electron chi connectivity index (χ0n) is 12.9. The minimum Gasteiger partial charge on any atom is -0.399 e. The third-order valence-electron chi connectivity index (χ3n) is 3.58. The second kappa shape index (κ2) is 6.96. The largest absolute Gasteiger partial charge is 0.399 e. The summed E-state index contributed by atoms with van der Waals surface area (Å²) in [5.41, 5.74) is 9.91. The maximum absolute atomic E-state index is 6.34. The first kappa shape index (κ1) is 15.9. The Bertz CT molecular complexity index is 589. The van der Waals surface area contributed by atoms with Crippen LogP contribution in [0.3, 0.4) is 0 Å². The van der Waals surface area contributed by atoms with Gasteiger partial charge in [-0.25, -0.2) is 0 Å². The number of halogens is 1. The lowest BCUT2D eigenvalue weighted by atomic mass is 10.1. The van der Waals surface area contributed by atoms with Crippen LogP contribution in [0.25, 0.3) is 0 Å². The van der Waals surface area contributed by atoms with Crippen molar-refractivity contribution in [1.29, 1.82) is 0 Å². The molecule has 114 valence electrons. The van der Waals surface area contributed by atoms with Gasteiger partial charge in [-0.1, -0.05) is 30.7 Å². The van der Waals surface area contributed by atoms with Crippen LogP contribution in [0.5, 0.6) is 0 Å². The van der Waals surface area contributed by atoms with Crippen LogP contribution in [0.4, 0.5) is 5.69 Å². The molecule has 2 N–H and O–H groups in total. The van der Waals surface area contributed by atoms with Gasteiger partial charge in [-0.05, 0) is 37.6 Å². The summed E-state index contributed by atoms with van der Waals surface area (Å²) in [5, 5.41) is 5.11. The third-order valence-corrected chi connectivity index (χ3v) is 4.05. The van der Waals surface area contributed by atoms with Crippen molar-refractivity contribution in [3.05, 3.63) is 46.2 Å². The zero-order chi connectivity index (χ0) is 15.4. The smallest absolute Gasteiger partial charge is 0.131 e. The molecule has 2 aromatic rings. The summed E-state index contributed by atoms with van der Waals surface area (Å²) in [5.74, 6) is 0. The van der Waals surface area contributed by atoms with Crippen LogP contribution in [-0.4, -0.2) is 21.2 Å². The molecular weight excluding hydrogens is 284 g/mol. The first-order chi connectivity index (χ1) is 10.0. The molecule has 0 bridgehead atoms. The molecule has 21 heavy (non-hydrogen) atoms. The van der Waals surface area contributed by atoms with E-state index in [9.17, 15) is 0 Å². The van der Waals surface area contributed by atoms with Crippen molar-refractivity contribution in [3.63, 3.8) is 0 Å². The monoisotopic (exact) mass is 306 g/mol. The number of hydrogen-bond acceptors (Lipinski definition) is 3. The average molecular weight is 307 g/mol. The Morgan fingerprint density at radius 1 is 1.24 bits per heavy atom. The fourth-order valence-electron chi connectivity index (χ4n) is 2.49. The molecule has 5 heteroatoms. The molecule has 0 unspecified atom stereocenters. The Hall–Kier alpha value is -1.52. The fraction of sp³-hybridized carbons (Fsp3) is 0.438. The van der Waals surface area contributed by atoms with E-state index in [0.29, 0.717) is 0 Å². The van der Waals surface area contributed by atoms with Crippen molar-refractivity contribution in [2.75, 3.05) is 12.3 Å². The van der Waals surface area contributed by atoms with Crippen molar-refractivity contribution >= 4 is 17.3 Å². The predicted molar refractivity (Wildman–Crippen MR) is 88.2 cm³/mol. The van der Waals surface area contributed by atoms with E-state index in [4.69, 9.17) is 17.3 Å². The SMILES string of the molecule is CCCN(Cc1ccc(N)cc1)Cc1c(C)nn(C)c1Cl. The van der Waals surface area contributed by atoms with E-state index in [-0.39, 0.29) is 0 Å². The first-order valence-electron chi connectivity index (χ1n) is 7.26. The number of nitrogens with two attached hydrogens (primary N) is 1. The summed E-state index contributed by atoms with van der Waals surface area (Å²) in [6.07, 6.45) is 1.10. The van der Waals surface area contributed by atoms with Crippen molar-refractivity contribution in [2.45, 2.75) is 33.4 Å². The summed E-state index contributed by atoms with van der Waals surface area (Å²) in [6, 6.07) is 8.05. The molecule has 1 aromatic heterocycles. The molecule has 0 fully saturated rings. The minimum atomic E-state index is 0.728. The maximum Gasteiger partial charge on any atom is 0.131 e. The number of benzene rings is 1. The van der Waals surface area contributed by atoms with Gasteiger partial charge in [0.2, 0.25) is 0 Å². The summed E-state index contributed by atoms with van der Waals surface area (Å²) in [4.78, 5) is 2.39. The van der Waals surface area contributed by atoms with Gasteiger partial charge < -0.3 is 5.73 Å². The number of aromatic nitrogens is 2. The average Bonchev–Trinajstić information content (AvgIpc) is 2.68. The molecule has 0 amide bonds. The second-order valence-electron chi connectivity index (χ2n) is 5.43. The molecule has 0 radical (unpaired) electrons. The van der Waals surface area contributed by atoms with Crippen molar-refractivity contribution in [1.82, 2.24) is 14.7 Å². The Morgan fingerprint density at radius 3 is 2.43 bits per heavy atom. The Balaban J connectivity index is 2.13. The molecule has 0 aliphatic rings. The molecule has 0 aliphatic carbocycles. The van der Waals surface area contributed by atoms with Crippen LogP contribution in [0.15, 0.2) is 24.3 Å². The first-order valence-corrected chi connectivity index (χ1v) is 7.63. The van der Waals surface area contributed by atoms with Crippen LogP contribution >= 0.6 is 11.6 Å². The van der Waals surface area contributed by atoms with Gasteiger partial charge in [0.05, 0.1) is 5.69 Å². The number of anilines is 1. The van der Waals surface area contributed by atoms with E-state index >= 15 is 0 Å². The normalized spacial score (nSPS) is 11.3. The van der Waals surface area contributed by atoms with E-state index in [1.165, 1.54) is 5.56 Å².